The van der Waals surface area contributed by atoms with Gasteiger partial charge >= 0.3 is 10.1 Å². The summed E-state index contributed by atoms with van der Waals surface area (Å²) in [5.41, 5.74) is 1.98. The predicted octanol–water partition coefficient (Wildman–Crippen LogP) is 2.63. The summed E-state index contributed by atoms with van der Waals surface area (Å²) in [5.74, 6) is 0.0764. The molecule has 2 aromatic carbocycles. The van der Waals surface area contributed by atoms with Crippen LogP contribution in [0.5, 0.6) is 5.75 Å². The van der Waals surface area contributed by atoms with Crippen molar-refractivity contribution in [1.82, 2.24) is 0 Å². The Morgan fingerprint density at radius 1 is 1.20 bits per heavy atom. The molecule has 0 saturated heterocycles. The van der Waals surface area contributed by atoms with Crippen LogP contribution in [-0.2, 0) is 21.3 Å². The van der Waals surface area contributed by atoms with Gasteiger partial charge in [0.25, 0.3) is 0 Å². The standard InChI is InChI=1S/C18H16N2O4S/c1-13(21)20-10-2-3-15-11-17(8-9-18(15)20)25(22,23)24-16-6-4-14(12-19)5-7-16/h4-9,11H,2-3,10H2,1H3. The van der Waals surface area contributed by atoms with E-state index >= 15 is 0 Å². The van der Waals surface area contributed by atoms with Gasteiger partial charge in [0.15, 0.2) is 0 Å². The molecule has 0 fully saturated rings. The maximum absolute atomic E-state index is 12.5. The van der Waals surface area contributed by atoms with Crippen molar-refractivity contribution in [2.24, 2.45) is 0 Å². The lowest BCUT2D eigenvalue weighted by molar-refractivity contribution is -0.116. The molecule has 128 valence electrons. The van der Waals surface area contributed by atoms with Gasteiger partial charge in [-0.1, -0.05) is 0 Å². The number of fused-ring (bicyclic) bond motifs is 1. The lowest BCUT2D eigenvalue weighted by Gasteiger charge is -2.28. The number of carbonyl (C=O) groups is 1. The first kappa shape index (κ1) is 17.0. The fraction of sp³-hybridized carbons (Fsp3) is 0.222. The Kier molecular flexibility index (Phi) is 4.47. The van der Waals surface area contributed by atoms with Gasteiger partial charge in [-0.05, 0) is 60.9 Å². The summed E-state index contributed by atoms with van der Waals surface area (Å²) in [6, 6.07) is 12.5. The second kappa shape index (κ2) is 6.57. The van der Waals surface area contributed by atoms with Crippen LogP contribution in [-0.4, -0.2) is 20.9 Å². The van der Waals surface area contributed by atoms with Crippen molar-refractivity contribution in [2.45, 2.75) is 24.7 Å². The molecule has 7 heteroatoms. The quantitative estimate of drug-likeness (QED) is 0.789. The third kappa shape index (κ3) is 3.49. The first-order chi connectivity index (χ1) is 11.9. The minimum absolute atomic E-state index is 0.0426. The second-order valence-corrected chi connectivity index (χ2v) is 7.28. The van der Waals surface area contributed by atoms with Crippen molar-refractivity contribution in [3.05, 3.63) is 53.6 Å². The number of carbonyl (C=O) groups excluding carboxylic acids is 1. The van der Waals surface area contributed by atoms with Crippen LogP contribution in [0.25, 0.3) is 0 Å². The fourth-order valence-corrected chi connectivity index (χ4v) is 3.80. The van der Waals surface area contributed by atoms with Crippen molar-refractivity contribution < 1.29 is 17.4 Å². The van der Waals surface area contributed by atoms with E-state index in [0.717, 1.165) is 17.7 Å². The number of benzene rings is 2. The maximum Gasteiger partial charge on any atom is 0.339 e. The van der Waals surface area contributed by atoms with Gasteiger partial charge in [0.05, 0.1) is 11.6 Å². The largest absolute Gasteiger partial charge is 0.379 e. The minimum Gasteiger partial charge on any atom is -0.379 e. The van der Waals surface area contributed by atoms with E-state index in [4.69, 9.17) is 9.44 Å². The summed E-state index contributed by atoms with van der Waals surface area (Å²) in [5, 5.41) is 8.78. The Morgan fingerprint density at radius 3 is 2.56 bits per heavy atom. The van der Waals surface area contributed by atoms with E-state index in [1.807, 2.05) is 6.07 Å². The number of nitriles is 1. The third-order valence-corrected chi connectivity index (χ3v) is 5.27. The van der Waals surface area contributed by atoms with Gasteiger partial charge in [-0.2, -0.15) is 13.7 Å². The second-order valence-electron chi connectivity index (χ2n) is 5.74. The molecule has 2 aromatic rings. The average molecular weight is 356 g/mol. The first-order valence-corrected chi connectivity index (χ1v) is 9.17. The van der Waals surface area contributed by atoms with E-state index in [0.29, 0.717) is 18.5 Å². The molecular formula is C18H16N2O4S. The molecule has 6 nitrogen and oxygen atoms in total. The minimum atomic E-state index is -3.99. The topological polar surface area (TPSA) is 87.5 Å². The summed E-state index contributed by atoms with van der Waals surface area (Å²) >= 11 is 0. The van der Waals surface area contributed by atoms with Crippen molar-refractivity contribution in [2.75, 3.05) is 11.4 Å². The zero-order valence-electron chi connectivity index (χ0n) is 13.6. The molecule has 25 heavy (non-hydrogen) atoms. The van der Waals surface area contributed by atoms with Crippen molar-refractivity contribution >= 4 is 21.7 Å². The predicted molar refractivity (Wildman–Crippen MR) is 91.8 cm³/mol. The smallest absolute Gasteiger partial charge is 0.339 e. The van der Waals surface area contributed by atoms with E-state index in [1.165, 1.54) is 37.3 Å². The molecule has 1 heterocycles. The van der Waals surface area contributed by atoms with Crippen LogP contribution in [0, 0.1) is 11.3 Å². The zero-order valence-corrected chi connectivity index (χ0v) is 14.4. The van der Waals surface area contributed by atoms with Gasteiger partial charge in [0.1, 0.15) is 10.6 Å². The summed E-state index contributed by atoms with van der Waals surface area (Å²) in [6.07, 6.45) is 1.49. The van der Waals surface area contributed by atoms with Crippen LogP contribution in [0.2, 0.25) is 0 Å². The summed E-state index contributed by atoms with van der Waals surface area (Å²) in [7, 11) is -3.99. The number of amides is 1. The lowest BCUT2D eigenvalue weighted by atomic mass is 10.0. The van der Waals surface area contributed by atoms with Crippen LogP contribution in [0.3, 0.4) is 0 Å². The molecule has 0 aromatic heterocycles. The molecule has 0 N–H and O–H groups in total. The number of aryl methyl sites for hydroxylation is 1. The molecule has 0 spiro atoms. The summed E-state index contributed by atoms with van der Waals surface area (Å²) in [6.45, 7) is 2.13. The number of nitrogens with zero attached hydrogens (tertiary/aromatic N) is 2. The van der Waals surface area contributed by atoms with Crippen LogP contribution in [0.15, 0.2) is 47.4 Å². The van der Waals surface area contributed by atoms with E-state index in [1.54, 1.807) is 17.0 Å². The van der Waals surface area contributed by atoms with Crippen molar-refractivity contribution in [1.29, 1.82) is 5.26 Å². The van der Waals surface area contributed by atoms with Gasteiger partial charge in [-0.3, -0.25) is 4.79 Å². The number of anilines is 1. The van der Waals surface area contributed by atoms with E-state index in [2.05, 4.69) is 0 Å². The Morgan fingerprint density at radius 2 is 1.92 bits per heavy atom. The Hall–Kier alpha value is -2.85. The maximum atomic E-state index is 12.5. The van der Waals surface area contributed by atoms with E-state index < -0.39 is 10.1 Å². The molecule has 0 atom stereocenters. The van der Waals surface area contributed by atoms with Gasteiger partial charge < -0.3 is 9.08 Å². The Bertz CT molecular complexity index is 960. The van der Waals surface area contributed by atoms with Crippen LogP contribution in [0.1, 0.15) is 24.5 Å². The number of hydrogen-bond acceptors (Lipinski definition) is 5. The van der Waals surface area contributed by atoms with Crippen LogP contribution in [0.4, 0.5) is 5.69 Å². The Balaban J connectivity index is 1.90. The van der Waals surface area contributed by atoms with Gasteiger partial charge in [0.2, 0.25) is 5.91 Å². The molecule has 1 aliphatic rings. The molecule has 0 radical (unpaired) electrons. The first-order valence-electron chi connectivity index (χ1n) is 7.76. The highest BCUT2D eigenvalue weighted by molar-refractivity contribution is 7.87. The molecule has 0 bridgehead atoms. The average Bonchev–Trinajstić information content (AvgIpc) is 2.61. The highest BCUT2D eigenvalue weighted by Gasteiger charge is 2.24. The van der Waals surface area contributed by atoms with Crippen LogP contribution >= 0.6 is 0 Å². The zero-order chi connectivity index (χ0) is 18.0. The number of rotatable bonds is 3. The van der Waals surface area contributed by atoms with Crippen LogP contribution < -0.4 is 9.08 Å². The van der Waals surface area contributed by atoms with Gasteiger partial charge in [-0.25, -0.2) is 0 Å². The molecule has 0 aliphatic carbocycles. The monoisotopic (exact) mass is 356 g/mol. The van der Waals surface area contributed by atoms with E-state index in [-0.39, 0.29) is 16.6 Å². The molecule has 0 unspecified atom stereocenters. The van der Waals surface area contributed by atoms with Crippen molar-refractivity contribution in [3.8, 4) is 11.8 Å². The SMILES string of the molecule is CC(=O)N1CCCc2cc(S(=O)(=O)Oc3ccc(C#N)cc3)ccc21. The Labute approximate surface area is 146 Å². The molecular weight excluding hydrogens is 340 g/mol. The van der Waals surface area contributed by atoms with Gasteiger partial charge in [0, 0.05) is 19.2 Å². The molecule has 0 saturated carbocycles. The highest BCUT2D eigenvalue weighted by Crippen LogP contribution is 2.30. The third-order valence-electron chi connectivity index (χ3n) is 4.03. The van der Waals surface area contributed by atoms with E-state index in [9.17, 15) is 13.2 Å². The molecule has 1 aliphatic heterocycles. The molecule has 1 amide bonds. The van der Waals surface area contributed by atoms with Crippen molar-refractivity contribution in [3.63, 3.8) is 0 Å². The molecule has 3 rings (SSSR count). The summed E-state index contributed by atoms with van der Waals surface area (Å²) in [4.78, 5) is 13.4. The van der Waals surface area contributed by atoms with Gasteiger partial charge in [-0.15, -0.1) is 0 Å². The summed E-state index contributed by atoms with van der Waals surface area (Å²) < 4.78 is 30.1. The number of hydrogen-bond donors (Lipinski definition) is 0. The highest BCUT2D eigenvalue weighted by atomic mass is 32.2. The normalized spacial score (nSPS) is 13.7. The fourth-order valence-electron chi connectivity index (χ4n) is 2.82. The lowest BCUT2D eigenvalue weighted by Crippen LogP contribution is -2.33.